The minimum atomic E-state index is -0.850. The second-order valence-corrected chi connectivity index (χ2v) is 3.20. The Morgan fingerprint density at radius 2 is 2.15 bits per heavy atom. The van der Waals surface area contributed by atoms with Crippen LogP contribution in [0.5, 0.6) is 0 Å². The Bertz CT molecular complexity index is 316. The maximum atomic E-state index is 10.7. The minimum absolute atomic E-state index is 0.383. The van der Waals surface area contributed by atoms with Gasteiger partial charge < -0.3 is 5.11 Å². The molecular formula is C11H14O2. The number of hydrogen-bond acceptors (Lipinski definition) is 1. The van der Waals surface area contributed by atoms with Crippen molar-refractivity contribution in [1.82, 2.24) is 0 Å². The van der Waals surface area contributed by atoms with E-state index < -0.39 is 5.97 Å². The van der Waals surface area contributed by atoms with Crippen molar-refractivity contribution in [2.75, 3.05) is 0 Å². The molecule has 0 aliphatic carbocycles. The molecule has 0 amide bonds. The van der Waals surface area contributed by atoms with Gasteiger partial charge in [-0.2, -0.15) is 0 Å². The highest BCUT2D eigenvalue weighted by molar-refractivity contribution is 5.87. The number of benzene rings is 1. The van der Waals surface area contributed by atoms with Gasteiger partial charge in [-0.05, 0) is 36.6 Å². The minimum Gasteiger partial charge on any atom is -0.478 e. The number of carboxylic acid groups (broad SMARTS) is 1. The van der Waals surface area contributed by atoms with E-state index in [1.54, 1.807) is 12.1 Å². The molecule has 0 unspecified atom stereocenters. The van der Waals surface area contributed by atoms with E-state index in [2.05, 4.69) is 6.92 Å². The lowest BCUT2D eigenvalue weighted by atomic mass is 10.0. The molecular weight excluding hydrogens is 164 g/mol. The average molecular weight is 178 g/mol. The fourth-order valence-electron chi connectivity index (χ4n) is 1.34. The molecule has 0 spiro atoms. The van der Waals surface area contributed by atoms with Crippen molar-refractivity contribution >= 4 is 5.97 Å². The van der Waals surface area contributed by atoms with Gasteiger partial charge in [0.25, 0.3) is 0 Å². The fraction of sp³-hybridized carbons (Fsp3) is 0.364. The van der Waals surface area contributed by atoms with Gasteiger partial charge in [0.2, 0.25) is 0 Å². The maximum Gasteiger partial charge on any atom is 0.335 e. The van der Waals surface area contributed by atoms with Crippen molar-refractivity contribution < 1.29 is 9.90 Å². The molecule has 0 heterocycles. The van der Waals surface area contributed by atoms with Crippen LogP contribution in [0.4, 0.5) is 0 Å². The van der Waals surface area contributed by atoms with Crippen molar-refractivity contribution in [3.8, 4) is 0 Å². The largest absolute Gasteiger partial charge is 0.478 e. The molecule has 0 atom stereocenters. The SMILES string of the molecule is CCCc1cc(C(=O)O)ccc1C. The molecule has 1 N–H and O–H groups in total. The van der Waals surface area contributed by atoms with Crippen molar-refractivity contribution in [1.29, 1.82) is 0 Å². The van der Waals surface area contributed by atoms with Gasteiger partial charge in [0.15, 0.2) is 0 Å². The Balaban J connectivity index is 3.03. The lowest BCUT2D eigenvalue weighted by Crippen LogP contribution is -1.98. The molecule has 1 aromatic rings. The van der Waals surface area contributed by atoms with Crippen LogP contribution in [-0.4, -0.2) is 11.1 Å². The Labute approximate surface area is 78.2 Å². The molecule has 0 saturated carbocycles. The summed E-state index contributed by atoms with van der Waals surface area (Å²) in [7, 11) is 0. The smallest absolute Gasteiger partial charge is 0.335 e. The summed E-state index contributed by atoms with van der Waals surface area (Å²) in [5.74, 6) is -0.850. The van der Waals surface area contributed by atoms with Crippen molar-refractivity contribution in [2.45, 2.75) is 26.7 Å². The van der Waals surface area contributed by atoms with Crippen LogP contribution in [0.15, 0.2) is 18.2 Å². The van der Waals surface area contributed by atoms with E-state index in [9.17, 15) is 4.79 Å². The van der Waals surface area contributed by atoms with Crippen LogP contribution in [-0.2, 0) is 6.42 Å². The number of aromatic carboxylic acids is 1. The first-order valence-electron chi connectivity index (χ1n) is 4.48. The summed E-state index contributed by atoms with van der Waals surface area (Å²) in [5, 5.41) is 8.77. The van der Waals surface area contributed by atoms with Crippen LogP contribution in [0.2, 0.25) is 0 Å². The highest BCUT2D eigenvalue weighted by atomic mass is 16.4. The zero-order valence-corrected chi connectivity index (χ0v) is 8.00. The highest BCUT2D eigenvalue weighted by Crippen LogP contribution is 2.13. The third-order valence-electron chi connectivity index (χ3n) is 2.12. The molecule has 70 valence electrons. The van der Waals surface area contributed by atoms with Gasteiger partial charge in [0.1, 0.15) is 0 Å². The van der Waals surface area contributed by atoms with Gasteiger partial charge in [-0.1, -0.05) is 19.4 Å². The van der Waals surface area contributed by atoms with Crippen LogP contribution in [0.1, 0.15) is 34.8 Å². The van der Waals surface area contributed by atoms with Crippen LogP contribution in [0.3, 0.4) is 0 Å². The van der Waals surface area contributed by atoms with E-state index in [-0.39, 0.29) is 0 Å². The number of aryl methyl sites for hydroxylation is 2. The van der Waals surface area contributed by atoms with Gasteiger partial charge in [0, 0.05) is 0 Å². The summed E-state index contributed by atoms with van der Waals surface area (Å²) in [6.07, 6.45) is 2.00. The van der Waals surface area contributed by atoms with Crippen molar-refractivity contribution in [2.24, 2.45) is 0 Å². The lowest BCUT2D eigenvalue weighted by Gasteiger charge is -2.04. The van der Waals surface area contributed by atoms with E-state index in [0.717, 1.165) is 18.4 Å². The zero-order chi connectivity index (χ0) is 9.84. The zero-order valence-electron chi connectivity index (χ0n) is 8.00. The van der Waals surface area contributed by atoms with E-state index in [0.29, 0.717) is 5.56 Å². The molecule has 0 aromatic heterocycles. The third-order valence-corrected chi connectivity index (χ3v) is 2.12. The van der Waals surface area contributed by atoms with Gasteiger partial charge in [-0.3, -0.25) is 0 Å². The summed E-state index contributed by atoms with van der Waals surface area (Å²) in [4.78, 5) is 10.7. The van der Waals surface area contributed by atoms with Gasteiger partial charge in [-0.15, -0.1) is 0 Å². The normalized spacial score (nSPS) is 10.0. The summed E-state index contributed by atoms with van der Waals surface area (Å²) in [6, 6.07) is 5.28. The molecule has 0 radical (unpaired) electrons. The molecule has 13 heavy (non-hydrogen) atoms. The molecule has 1 rings (SSSR count). The molecule has 0 fully saturated rings. The lowest BCUT2D eigenvalue weighted by molar-refractivity contribution is 0.0697. The summed E-state index contributed by atoms with van der Waals surface area (Å²) < 4.78 is 0. The number of rotatable bonds is 3. The van der Waals surface area contributed by atoms with E-state index in [1.807, 2.05) is 13.0 Å². The molecule has 0 bridgehead atoms. The second kappa shape index (κ2) is 4.08. The molecule has 0 aliphatic heterocycles. The Kier molecular flexibility index (Phi) is 3.07. The highest BCUT2D eigenvalue weighted by Gasteiger charge is 2.04. The Morgan fingerprint density at radius 1 is 1.46 bits per heavy atom. The van der Waals surface area contributed by atoms with Crippen LogP contribution >= 0.6 is 0 Å². The summed E-state index contributed by atoms with van der Waals surface area (Å²) >= 11 is 0. The average Bonchev–Trinajstić information content (AvgIpc) is 2.08. The summed E-state index contributed by atoms with van der Waals surface area (Å²) in [5.41, 5.74) is 2.70. The molecule has 2 nitrogen and oxygen atoms in total. The molecule has 2 heteroatoms. The molecule has 1 aromatic carbocycles. The topological polar surface area (TPSA) is 37.3 Å². The predicted octanol–water partition coefficient (Wildman–Crippen LogP) is 2.65. The number of carboxylic acids is 1. The van der Waals surface area contributed by atoms with Gasteiger partial charge in [-0.25, -0.2) is 4.79 Å². The predicted molar refractivity (Wildman–Crippen MR) is 52.1 cm³/mol. The Hall–Kier alpha value is -1.31. The first-order chi connectivity index (χ1) is 6.15. The van der Waals surface area contributed by atoms with Crippen LogP contribution in [0.25, 0.3) is 0 Å². The standard InChI is InChI=1S/C11H14O2/c1-3-4-9-7-10(11(12)13)6-5-8(9)2/h5-7H,3-4H2,1-2H3,(H,12,13). The van der Waals surface area contributed by atoms with E-state index in [1.165, 1.54) is 5.56 Å². The van der Waals surface area contributed by atoms with Gasteiger partial charge >= 0.3 is 5.97 Å². The number of carbonyl (C=O) groups is 1. The monoisotopic (exact) mass is 178 g/mol. The van der Waals surface area contributed by atoms with Crippen molar-refractivity contribution in [3.05, 3.63) is 34.9 Å². The van der Waals surface area contributed by atoms with Crippen LogP contribution in [0, 0.1) is 6.92 Å². The molecule has 0 aliphatic rings. The van der Waals surface area contributed by atoms with Crippen LogP contribution < -0.4 is 0 Å². The van der Waals surface area contributed by atoms with E-state index in [4.69, 9.17) is 5.11 Å². The first kappa shape index (κ1) is 9.78. The quantitative estimate of drug-likeness (QED) is 0.772. The maximum absolute atomic E-state index is 10.7. The summed E-state index contributed by atoms with van der Waals surface area (Å²) in [6.45, 7) is 4.10. The Morgan fingerprint density at radius 3 is 2.69 bits per heavy atom. The van der Waals surface area contributed by atoms with Gasteiger partial charge in [0.05, 0.1) is 5.56 Å². The fourth-order valence-corrected chi connectivity index (χ4v) is 1.34. The van der Waals surface area contributed by atoms with Crippen molar-refractivity contribution in [3.63, 3.8) is 0 Å². The first-order valence-corrected chi connectivity index (χ1v) is 4.48. The van der Waals surface area contributed by atoms with E-state index >= 15 is 0 Å². The third kappa shape index (κ3) is 2.31. The second-order valence-electron chi connectivity index (χ2n) is 3.20. The molecule has 0 saturated heterocycles. The number of hydrogen-bond donors (Lipinski definition) is 1.